The first kappa shape index (κ1) is 22.7. The maximum Gasteiger partial charge on any atom is 0.335 e. The molecular weight excluding hydrogens is 479 g/mol. The number of nitro groups is 1. The normalized spacial score (nSPS) is 25.2. The molecule has 0 unspecified atom stereocenters. The number of rotatable bonds is 5. The highest BCUT2D eigenvalue weighted by atomic mass is 35.5. The van der Waals surface area contributed by atoms with E-state index in [-0.39, 0.29) is 45.6 Å². The van der Waals surface area contributed by atoms with Crippen molar-refractivity contribution in [2.45, 2.75) is 33.9 Å². The van der Waals surface area contributed by atoms with Crippen molar-refractivity contribution >= 4 is 40.7 Å². The zero-order valence-electron chi connectivity index (χ0n) is 17.7. The van der Waals surface area contributed by atoms with Crippen molar-refractivity contribution in [3.05, 3.63) is 99.4 Å². The van der Waals surface area contributed by atoms with Gasteiger partial charge in [-0.05, 0) is 59.9 Å². The number of carboxylic acids is 1. The van der Waals surface area contributed by atoms with Crippen LogP contribution < -0.4 is 5.32 Å². The van der Waals surface area contributed by atoms with Crippen LogP contribution in [-0.2, 0) is 0 Å². The molecule has 2 aliphatic rings. The van der Waals surface area contributed by atoms with Gasteiger partial charge in [0, 0.05) is 22.9 Å². The fourth-order valence-corrected chi connectivity index (χ4v) is 7.06. The summed E-state index contributed by atoms with van der Waals surface area (Å²) in [7, 11) is 0. The maximum absolute atomic E-state index is 13.6. The standard InChI is InChI=1S/C25H20ClFN2O4S/c26-23-21(34-20-4-2-1-3-19(20)29(32)33)12-17-22(23)16-11-14(25(30)31)7-10-18(16)28-24(17)13-5-8-15(27)9-6-13/h1-11,17,21-24,28H,12H2,(H,30,31)/t17-,21+,22+,23-,24+/m1/s1. The van der Waals surface area contributed by atoms with Crippen LogP contribution in [0.15, 0.2) is 71.6 Å². The lowest BCUT2D eigenvalue weighted by Crippen LogP contribution is -2.31. The van der Waals surface area contributed by atoms with Crippen LogP contribution in [0, 0.1) is 21.8 Å². The Morgan fingerprint density at radius 3 is 2.59 bits per heavy atom. The summed E-state index contributed by atoms with van der Waals surface area (Å²) in [6.07, 6.45) is 0.654. The van der Waals surface area contributed by atoms with E-state index in [2.05, 4.69) is 5.32 Å². The number of nitrogens with zero attached hydrogens (tertiary/aromatic N) is 1. The first-order valence-corrected chi connectivity index (χ1v) is 12.1. The van der Waals surface area contributed by atoms with E-state index in [0.29, 0.717) is 11.3 Å². The van der Waals surface area contributed by atoms with Crippen molar-refractivity contribution in [3.8, 4) is 0 Å². The van der Waals surface area contributed by atoms with E-state index in [1.54, 1.807) is 48.5 Å². The number of aromatic carboxylic acids is 1. The number of thioether (sulfide) groups is 1. The summed E-state index contributed by atoms with van der Waals surface area (Å²) in [4.78, 5) is 23.3. The van der Waals surface area contributed by atoms with Gasteiger partial charge in [-0.15, -0.1) is 23.4 Å². The fourth-order valence-electron chi connectivity index (χ4n) is 5.12. The molecule has 6 nitrogen and oxygen atoms in total. The minimum absolute atomic E-state index is 0.00947. The molecule has 9 heteroatoms. The van der Waals surface area contributed by atoms with Gasteiger partial charge in [0.15, 0.2) is 0 Å². The number of halogens is 2. The molecule has 0 spiro atoms. The molecule has 5 atom stereocenters. The summed E-state index contributed by atoms with van der Waals surface area (Å²) >= 11 is 8.43. The van der Waals surface area contributed by atoms with Crippen LogP contribution in [-0.4, -0.2) is 26.6 Å². The van der Waals surface area contributed by atoms with Crippen molar-refractivity contribution in [3.63, 3.8) is 0 Å². The van der Waals surface area contributed by atoms with Gasteiger partial charge in [0.1, 0.15) is 5.82 Å². The van der Waals surface area contributed by atoms with E-state index >= 15 is 0 Å². The molecule has 0 amide bonds. The zero-order chi connectivity index (χ0) is 24.0. The Labute approximate surface area is 204 Å². The third kappa shape index (κ3) is 4.01. The average molecular weight is 499 g/mol. The Morgan fingerprint density at radius 2 is 1.88 bits per heavy atom. The van der Waals surface area contributed by atoms with Crippen LogP contribution in [0.3, 0.4) is 0 Å². The van der Waals surface area contributed by atoms with Gasteiger partial charge in [0.25, 0.3) is 5.69 Å². The van der Waals surface area contributed by atoms with Gasteiger partial charge in [-0.2, -0.15) is 0 Å². The Morgan fingerprint density at radius 1 is 1.15 bits per heavy atom. The van der Waals surface area contributed by atoms with E-state index in [1.807, 2.05) is 0 Å². The number of hydrogen-bond acceptors (Lipinski definition) is 5. The Bertz CT molecular complexity index is 1270. The lowest BCUT2D eigenvalue weighted by Gasteiger charge is -2.38. The molecule has 1 heterocycles. The molecule has 1 aliphatic carbocycles. The first-order valence-electron chi connectivity index (χ1n) is 10.8. The molecule has 34 heavy (non-hydrogen) atoms. The topological polar surface area (TPSA) is 92.5 Å². The number of benzene rings is 3. The lowest BCUT2D eigenvalue weighted by molar-refractivity contribution is -0.387. The molecule has 1 saturated carbocycles. The Kier molecular flexibility index (Phi) is 5.95. The van der Waals surface area contributed by atoms with Gasteiger partial charge in [-0.3, -0.25) is 10.1 Å². The second-order valence-corrected chi connectivity index (χ2v) is 10.3. The molecule has 5 rings (SSSR count). The van der Waals surface area contributed by atoms with Gasteiger partial charge in [0.05, 0.1) is 26.8 Å². The molecule has 0 bridgehead atoms. The van der Waals surface area contributed by atoms with Crippen LogP contribution in [0.5, 0.6) is 0 Å². The number of fused-ring (bicyclic) bond motifs is 3. The van der Waals surface area contributed by atoms with Gasteiger partial charge >= 0.3 is 5.97 Å². The van der Waals surface area contributed by atoms with Crippen LogP contribution >= 0.6 is 23.4 Å². The molecule has 0 aromatic heterocycles. The monoisotopic (exact) mass is 498 g/mol. The molecule has 2 N–H and O–H groups in total. The molecule has 0 radical (unpaired) electrons. The predicted octanol–water partition coefficient (Wildman–Crippen LogP) is 6.47. The number of carbonyl (C=O) groups is 1. The van der Waals surface area contributed by atoms with E-state index in [9.17, 15) is 24.4 Å². The quantitative estimate of drug-likeness (QED) is 0.238. The number of nitro benzene ring substituents is 1. The molecule has 0 saturated heterocycles. The predicted molar refractivity (Wildman–Crippen MR) is 129 cm³/mol. The summed E-state index contributed by atoms with van der Waals surface area (Å²) in [5, 5.41) is 24.0. The van der Waals surface area contributed by atoms with Crippen molar-refractivity contribution in [2.24, 2.45) is 5.92 Å². The maximum atomic E-state index is 13.6. The smallest absolute Gasteiger partial charge is 0.335 e. The van der Waals surface area contributed by atoms with Gasteiger partial charge in [0.2, 0.25) is 0 Å². The molecule has 3 aromatic carbocycles. The van der Waals surface area contributed by atoms with E-state index in [0.717, 1.165) is 16.8 Å². The highest BCUT2D eigenvalue weighted by Crippen LogP contribution is 2.58. The van der Waals surface area contributed by atoms with Gasteiger partial charge < -0.3 is 10.4 Å². The van der Waals surface area contributed by atoms with Gasteiger partial charge in [-0.25, -0.2) is 9.18 Å². The minimum Gasteiger partial charge on any atom is -0.478 e. The third-order valence-electron chi connectivity index (χ3n) is 6.63. The Hall–Kier alpha value is -3.10. The SMILES string of the molecule is O=C(O)c1ccc2c(c1)[C@@H]1[C@H](Cl)[C@@H](Sc3ccccc3[N+](=O)[O-])C[C@H]1[C@H](c1ccc(F)cc1)N2. The summed E-state index contributed by atoms with van der Waals surface area (Å²) < 4.78 is 13.6. The van der Waals surface area contributed by atoms with E-state index < -0.39 is 10.9 Å². The Balaban J connectivity index is 1.55. The number of para-hydroxylation sites is 1. The van der Waals surface area contributed by atoms with Crippen LogP contribution in [0.4, 0.5) is 15.8 Å². The molecular formula is C25H20ClFN2O4S. The summed E-state index contributed by atoms with van der Waals surface area (Å²) in [6.45, 7) is 0. The highest BCUT2D eigenvalue weighted by molar-refractivity contribution is 8.00. The molecule has 3 aromatic rings. The number of hydrogen-bond donors (Lipinski definition) is 2. The summed E-state index contributed by atoms with van der Waals surface area (Å²) in [5.74, 6) is -1.53. The van der Waals surface area contributed by atoms with E-state index in [1.165, 1.54) is 30.0 Å². The molecule has 1 fully saturated rings. The fraction of sp³-hybridized carbons (Fsp3) is 0.240. The lowest BCUT2D eigenvalue weighted by atomic mass is 9.77. The largest absolute Gasteiger partial charge is 0.478 e. The second kappa shape index (κ2) is 8.92. The van der Waals surface area contributed by atoms with Gasteiger partial charge in [-0.1, -0.05) is 24.3 Å². The van der Waals surface area contributed by atoms with Crippen molar-refractivity contribution in [1.82, 2.24) is 0 Å². The minimum atomic E-state index is -1.02. The van der Waals surface area contributed by atoms with Crippen molar-refractivity contribution in [2.75, 3.05) is 5.32 Å². The van der Waals surface area contributed by atoms with Crippen molar-refractivity contribution < 1.29 is 19.2 Å². The molecule has 1 aliphatic heterocycles. The number of alkyl halides is 1. The highest BCUT2D eigenvalue weighted by Gasteiger charge is 2.50. The summed E-state index contributed by atoms with van der Waals surface area (Å²) in [5.41, 5.74) is 2.74. The van der Waals surface area contributed by atoms with E-state index in [4.69, 9.17) is 11.6 Å². The first-order chi connectivity index (χ1) is 16.3. The van der Waals surface area contributed by atoms with Crippen LogP contribution in [0.2, 0.25) is 0 Å². The van der Waals surface area contributed by atoms with Crippen LogP contribution in [0.25, 0.3) is 0 Å². The average Bonchev–Trinajstić information content (AvgIpc) is 3.15. The summed E-state index contributed by atoms with van der Waals surface area (Å²) in [6, 6.07) is 17.7. The van der Waals surface area contributed by atoms with Crippen LogP contribution in [0.1, 0.15) is 39.9 Å². The molecule has 174 valence electrons. The number of anilines is 1. The number of nitrogens with one attached hydrogen (secondary N) is 1. The third-order valence-corrected chi connectivity index (χ3v) is 8.74. The second-order valence-electron chi connectivity index (χ2n) is 8.53. The van der Waals surface area contributed by atoms with Crippen molar-refractivity contribution in [1.29, 1.82) is 0 Å². The zero-order valence-corrected chi connectivity index (χ0v) is 19.3. The number of carboxylic acid groups (broad SMARTS) is 1.